The number of nitrogens with zero attached hydrogens (tertiary/aromatic N) is 2. The Labute approximate surface area is 143 Å². The Morgan fingerprint density at radius 1 is 1.16 bits per heavy atom. The molecule has 0 N–H and O–H groups in total. The van der Waals surface area contributed by atoms with Gasteiger partial charge in [0.1, 0.15) is 5.75 Å². The molecule has 0 unspecified atom stereocenters. The molecule has 0 aliphatic carbocycles. The first-order valence-electron chi connectivity index (χ1n) is 7.27. The van der Waals surface area contributed by atoms with E-state index in [2.05, 4.69) is 0 Å². The zero-order valence-corrected chi connectivity index (χ0v) is 14.0. The summed E-state index contributed by atoms with van der Waals surface area (Å²) in [5.41, 5.74) is 0.403. The van der Waals surface area contributed by atoms with Gasteiger partial charge in [0.25, 0.3) is 11.6 Å². The molecule has 0 bridgehead atoms. The standard InChI is InChI=1S/C17H17FN2O5/c1-19(10-11-4-6-16(25-3)14(18)8-11)17(21)13-9-12(20(22)23)5-7-15(13)24-2/h4-9H,10H2,1-3H3. The summed E-state index contributed by atoms with van der Waals surface area (Å²) in [5.74, 6) is -0.674. The Morgan fingerprint density at radius 3 is 2.36 bits per heavy atom. The molecular formula is C17H17FN2O5. The van der Waals surface area contributed by atoms with E-state index in [0.717, 1.165) is 6.07 Å². The van der Waals surface area contributed by atoms with Crippen LogP contribution in [0.5, 0.6) is 11.5 Å². The molecule has 8 heteroatoms. The summed E-state index contributed by atoms with van der Waals surface area (Å²) in [6, 6.07) is 8.16. The number of carbonyl (C=O) groups excluding carboxylic acids is 1. The monoisotopic (exact) mass is 348 g/mol. The number of amides is 1. The molecule has 0 radical (unpaired) electrons. The Hall–Kier alpha value is -3.16. The van der Waals surface area contributed by atoms with Crippen molar-refractivity contribution in [2.24, 2.45) is 0 Å². The third kappa shape index (κ3) is 4.03. The number of rotatable bonds is 6. The van der Waals surface area contributed by atoms with Gasteiger partial charge in [-0.25, -0.2) is 4.39 Å². The molecule has 1 amide bonds. The van der Waals surface area contributed by atoms with Crippen LogP contribution in [0.2, 0.25) is 0 Å². The maximum atomic E-state index is 13.8. The van der Waals surface area contributed by atoms with Crippen molar-refractivity contribution < 1.29 is 23.6 Å². The molecule has 0 heterocycles. The van der Waals surface area contributed by atoms with Gasteiger partial charge in [0.15, 0.2) is 11.6 Å². The fourth-order valence-corrected chi connectivity index (χ4v) is 2.34. The van der Waals surface area contributed by atoms with Gasteiger partial charge in [0.05, 0.1) is 24.7 Å². The maximum absolute atomic E-state index is 13.8. The summed E-state index contributed by atoms with van der Waals surface area (Å²) < 4.78 is 23.7. The third-order valence-corrected chi connectivity index (χ3v) is 3.61. The summed E-state index contributed by atoms with van der Waals surface area (Å²) in [4.78, 5) is 24.3. The zero-order chi connectivity index (χ0) is 18.6. The van der Waals surface area contributed by atoms with Gasteiger partial charge in [-0.1, -0.05) is 6.07 Å². The molecule has 0 spiro atoms. The van der Waals surface area contributed by atoms with E-state index in [1.54, 1.807) is 6.07 Å². The minimum atomic E-state index is -0.588. The molecule has 2 aromatic rings. The van der Waals surface area contributed by atoms with E-state index in [0.29, 0.717) is 5.56 Å². The van der Waals surface area contributed by atoms with Crippen molar-refractivity contribution >= 4 is 11.6 Å². The molecule has 0 saturated heterocycles. The molecule has 0 aromatic heterocycles. The predicted octanol–water partition coefficient (Wildman–Crippen LogP) is 3.02. The highest BCUT2D eigenvalue weighted by Crippen LogP contribution is 2.26. The second-order valence-electron chi connectivity index (χ2n) is 5.27. The average molecular weight is 348 g/mol. The maximum Gasteiger partial charge on any atom is 0.270 e. The van der Waals surface area contributed by atoms with Crippen molar-refractivity contribution in [3.05, 3.63) is 63.5 Å². The van der Waals surface area contributed by atoms with E-state index < -0.39 is 16.6 Å². The van der Waals surface area contributed by atoms with Crippen molar-refractivity contribution in [1.82, 2.24) is 4.90 Å². The number of nitro benzene ring substituents is 1. The van der Waals surface area contributed by atoms with Crippen molar-refractivity contribution in [3.8, 4) is 11.5 Å². The number of nitro groups is 1. The second-order valence-corrected chi connectivity index (χ2v) is 5.27. The minimum Gasteiger partial charge on any atom is -0.496 e. The number of hydrogen-bond donors (Lipinski definition) is 0. The molecule has 0 aliphatic heterocycles. The Balaban J connectivity index is 2.26. The molecule has 7 nitrogen and oxygen atoms in total. The molecule has 0 atom stereocenters. The normalized spacial score (nSPS) is 10.2. The van der Waals surface area contributed by atoms with Crippen LogP contribution in [0.4, 0.5) is 10.1 Å². The predicted molar refractivity (Wildman–Crippen MR) is 88.4 cm³/mol. The van der Waals surface area contributed by atoms with Crippen LogP contribution in [0.1, 0.15) is 15.9 Å². The van der Waals surface area contributed by atoms with Crippen LogP contribution in [0.3, 0.4) is 0 Å². The Morgan fingerprint density at radius 2 is 1.80 bits per heavy atom. The van der Waals surface area contributed by atoms with Crippen LogP contribution in [-0.2, 0) is 6.54 Å². The topological polar surface area (TPSA) is 81.9 Å². The number of benzene rings is 2. The van der Waals surface area contributed by atoms with E-state index in [-0.39, 0.29) is 29.3 Å². The highest BCUT2D eigenvalue weighted by Gasteiger charge is 2.21. The Bertz CT molecular complexity index is 810. The number of methoxy groups -OCH3 is 2. The van der Waals surface area contributed by atoms with E-state index in [4.69, 9.17) is 9.47 Å². The van der Waals surface area contributed by atoms with E-state index in [9.17, 15) is 19.3 Å². The fourth-order valence-electron chi connectivity index (χ4n) is 2.34. The lowest BCUT2D eigenvalue weighted by Gasteiger charge is -2.19. The van der Waals surface area contributed by atoms with Gasteiger partial charge in [0.2, 0.25) is 0 Å². The molecule has 132 valence electrons. The van der Waals surface area contributed by atoms with Gasteiger partial charge in [0, 0.05) is 25.7 Å². The summed E-state index contributed by atoms with van der Waals surface area (Å²) in [5, 5.41) is 10.9. The van der Waals surface area contributed by atoms with Crippen LogP contribution in [0.15, 0.2) is 36.4 Å². The SMILES string of the molecule is COc1ccc(CN(C)C(=O)c2cc([N+](=O)[O-])ccc2OC)cc1F. The molecule has 0 aliphatic rings. The van der Waals surface area contributed by atoms with Gasteiger partial charge in [-0.3, -0.25) is 14.9 Å². The minimum absolute atomic E-state index is 0.0631. The Kier molecular flexibility index (Phi) is 5.53. The van der Waals surface area contributed by atoms with Crippen LogP contribution >= 0.6 is 0 Å². The lowest BCUT2D eigenvalue weighted by atomic mass is 10.1. The van der Waals surface area contributed by atoms with Crippen LogP contribution in [0.25, 0.3) is 0 Å². The molecule has 2 aromatic carbocycles. The van der Waals surface area contributed by atoms with Gasteiger partial charge in [-0.05, 0) is 23.8 Å². The largest absolute Gasteiger partial charge is 0.496 e. The van der Waals surface area contributed by atoms with E-state index in [1.165, 1.54) is 50.4 Å². The molecule has 2 rings (SSSR count). The molecule has 25 heavy (non-hydrogen) atoms. The highest BCUT2D eigenvalue weighted by molar-refractivity contribution is 5.97. The number of ether oxygens (including phenoxy) is 2. The lowest BCUT2D eigenvalue weighted by Crippen LogP contribution is -2.26. The number of hydrogen-bond acceptors (Lipinski definition) is 5. The zero-order valence-electron chi connectivity index (χ0n) is 14.0. The van der Waals surface area contributed by atoms with Gasteiger partial charge in [-0.15, -0.1) is 0 Å². The van der Waals surface area contributed by atoms with Gasteiger partial charge < -0.3 is 14.4 Å². The second kappa shape index (κ2) is 7.61. The molecular weight excluding hydrogens is 331 g/mol. The van der Waals surface area contributed by atoms with Gasteiger partial charge >= 0.3 is 0 Å². The molecule has 0 saturated carbocycles. The third-order valence-electron chi connectivity index (χ3n) is 3.61. The number of carbonyl (C=O) groups is 1. The van der Waals surface area contributed by atoms with Crippen molar-refractivity contribution in [3.63, 3.8) is 0 Å². The summed E-state index contributed by atoms with van der Waals surface area (Å²) in [6.45, 7) is 0.117. The first kappa shape index (κ1) is 18.2. The van der Waals surface area contributed by atoms with E-state index >= 15 is 0 Å². The van der Waals surface area contributed by atoms with Gasteiger partial charge in [-0.2, -0.15) is 0 Å². The van der Waals surface area contributed by atoms with Crippen LogP contribution in [0, 0.1) is 15.9 Å². The lowest BCUT2D eigenvalue weighted by molar-refractivity contribution is -0.384. The van der Waals surface area contributed by atoms with Crippen LogP contribution in [-0.4, -0.2) is 37.0 Å². The van der Waals surface area contributed by atoms with Crippen LogP contribution < -0.4 is 9.47 Å². The summed E-state index contributed by atoms with van der Waals surface area (Å²) in [6.07, 6.45) is 0. The number of halogens is 1. The molecule has 0 fully saturated rings. The quantitative estimate of drug-likeness (QED) is 0.592. The smallest absolute Gasteiger partial charge is 0.270 e. The highest BCUT2D eigenvalue weighted by atomic mass is 19.1. The summed E-state index contributed by atoms with van der Waals surface area (Å²) in [7, 11) is 4.25. The first-order chi connectivity index (χ1) is 11.9. The van der Waals surface area contributed by atoms with Crippen molar-refractivity contribution in [1.29, 1.82) is 0 Å². The van der Waals surface area contributed by atoms with E-state index in [1.807, 2.05) is 0 Å². The fraction of sp³-hybridized carbons (Fsp3) is 0.235. The van der Waals surface area contributed by atoms with Crippen molar-refractivity contribution in [2.45, 2.75) is 6.54 Å². The summed E-state index contributed by atoms with van der Waals surface area (Å²) >= 11 is 0. The first-order valence-corrected chi connectivity index (χ1v) is 7.27. The van der Waals surface area contributed by atoms with Crippen molar-refractivity contribution in [2.75, 3.05) is 21.3 Å². The number of non-ortho nitro benzene ring substituents is 1. The average Bonchev–Trinajstić information content (AvgIpc) is 2.60.